The standard InChI is InChI=1S/C65H42N2/c1-2-21-49(22-3-1)66(51-34-32-43-16-4-5-17-46(43)39-51)50-23-15-20-47(40-50)44-18-14-19-45(38-44)48-33-37-64-58(41-48)56-27-9-13-31-63(56)67(64)52-35-36-62-57(42-52)55-26-8-12-30-61(55)65(62)59-28-10-6-24-53(59)54-25-7-11-29-60(54)65/h1-42H. The van der Waals surface area contributed by atoms with E-state index in [0.717, 1.165) is 17.1 Å². The van der Waals surface area contributed by atoms with E-state index in [1.54, 1.807) is 0 Å². The summed E-state index contributed by atoms with van der Waals surface area (Å²) >= 11 is 0. The van der Waals surface area contributed by atoms with E-state index in [9.17, 15) is 0 Å². The summed E-state index contributed by atoms with van der Waals surface area (Å²) in [5, 5.41) is 4.94. The minimum Gasteiger partial charge on any atom is -0.310 e. The van der Waals surface area contributed by atoms with Gasteiger partial charge in [-0.15, -0.1) is 0 Å². The lowest BCUT2D eigenvalue weighted by Crippen LogP contribution is -2.25. The van der Waals surface area contributed by atoms with Crippen LogP contribution in [0.25, 0.3) is 82.8 Å². The molecule has 0 bridgehead atoms. The van der Waals surface area contributed by atoms with Crippen molar-refractivity contribution in [3.05, 3.63) is 277 Å². The van der Waals surface area contributed by atoms with Crippen LogP contribution in [0.15, 0.2) is 255 Å². The number of para-hydroxylation sites is 2. The monoisotopic (exact) mass is 850 g/mol. The lowest BCUT2D eigenvalue weighted by Gasteiger charge is -2.30. The highest BCUT2D eigenvalue weighted by Gasteiger charge is 2.51. The summed E-state index contributed by atoms with van der Waals surface area (Å²) in [4.78, 5) is 2.36. The van der Waals surface area contributed by atoms with Gasteiger partial charge in [0.2, 0.25) is 0 Å². The Bertz CT molecular complexity index is 3900. The second kappa shape index (κ2) is 14.7. The number of aromatic nitrogens is 1. The van der Waals surface area contributed by atoms with Crippen LogP contribution in [0.1, 0.15) is 22.3 Å². The van der Waals surface area contributed by atoms with Gasteiger partial charge in [-0.3, -0.25) is 0 Å². The summed E-state index contributed by atoms with van der Waals surface area (Å²) in [6.07, 6.45) is 0. The van der Waals surface area contributed by atoms with Crippen molar-refractivity contribution in [3.63, 3.8) is 0 Å². The number of fused-ring (bicyclic) bond motifs is 14. The van der Waals surface area contributed by atoms with Gasteiger partial charge < -0.3 is 9.47 Å². The van der Waals surface area contributed by atoms with Gasteiger partial charge in [-0.2, -0.15) is 0 Å². The Morgan fingerprint density at radius 1 is 0.284 bits per heavy atom. The molecule has 0 amide bonds. The van der Waals surface area contributed by atoms with Crippen molar-refractivity contribution in [3.8, 4) is 50.2 Å². The highest BCUT2D eigenvalue weighted by molar-refractivity contribution is 6.11. The van der Waals surface area contributed by atoms with Crippen molar-refractivity contribution in [1.29, 1.82) is 0 Å². The van der Waals surface area contributed by atoms with Crippen molar-refractivity contribution in [1.82, 2.24) is 4.57 Å². The maximum absolute atomic E-state index is 2.47. The zero-order chi connectivity index (χ0) is 44.1. The fourth-order valence-corrected chi connectivity index (χ4v) is 11.7. The van der Waals surface area contributed by atoms with Gasteiger partial charge in [0.25, 0.3) is 0 Å². The molecule has 0 fully saturated rings. The summed E-state index contributed by atoms with van der Waals surface area (Å²) in [7, 11) is 0. The largest absolute Gasteiger partial charge is 0.310 e. The average Bonchev–Trinajstić information content (AvgIpc) is 4.00. The van der Waals surface area contributed by atoms with Crippen LogP contribution in [-0.4, -0.2) is 4.57 Å². The van der Waals surface area contributed by atoms with Crippen LogP contribution in [-0.2, 0) is 5.41 Å². The number of anilines is 3. The smallest absolute Gasteiger partial charge is 0.0725 e. The minimum absolute atomic E-state index is 0.359. The van der Waals surface area contributed by atoms with Crippen LogP contribution in [0.4, 0.5) is 17.1 Å². The minimum atomic E-state index is -0.359. The van der Waals surface area contributed by atoms with E-state index >= 15 is 0 Å². The fraction of sp³-hybridized carbons (Fsp3) is 0.0154. The Labute approximate surface area is 389 Å². The molecule has 67 heavy (non-hydrogen) atoms. The molecule has 1 spiro atoms. The second-order valence-electron chi connectivity index (χ2n) is 18.0. The first-order valence-corrected chi connectivity index (χ1v) is 23.2. The molecule has 0 radical (unpaired) electrons. The Morgan fingerprint density at radius 2 is 0.821 bits per heavy atom. The van der Waals surface area contributed by atoms with Crippen LogP contribution in [0.5, 0.6) is 0 Å². The number of rotatable bonds is 6. The molecule has 0 aliphatic heterocycles. The molecule has 2 heteroatoms. The summed E-state index contributed by atoms with van der Waals surface area (Å²) in [6.45, 7) is 0. The Hall–Kier alpha value is -8.72. The molecule has 2 nitrogen and oxygen atoms in total. The molecular weight excluding hydrogens is 809 g/mol. The van der Waals surface area contributed by atoms with E-state index in [1.165, 1.54) is 105 Å². The van der Waals surface area contributed by atoms with Gasteiger partial charge in [0.05, 0.1) is 16.4 Å². The highest BCUT2D eigenvalue weighted by Crippen LogP contribution is 2.63. The normalized spacial score (nSPS) is 12.9. The molecule has 2 aliphatic rings. The van der Waals surface area contributed by atoms with Gasteiger partial charge in [-0.1, -0.05) is 182 Å². The SMILES string of the molecule is c1ccc(N(c2cccc(-c3cccc(-c4ccc5c(c4)c4ccccc4n5-c4ccc5c(c4)-c4ccccc4C54c5ccccc5-c5ccccc54)c3)c2)c2ccc3ccccc3c2)cc1. The number of nitrogens with zero attached hydrogens (tertiary/aromatic N) is 2. The molecule has 1 heterocycles. The third-order valence-corrected chi connectivity index (χ3v) is 14.6. The first-order chi connectivity index (χ1) is 33.2. The van der Waals surface area contributed by atoms with Crippen LogP contribution < -0.4 is 4.90 Å². The van der Waals surface area contributed by atoms with Crippen molar-refractivity contribution in [2.45, 2.75) is 5.41 Å². The average molecular weight is 851 g/mol. The lowest BCUT2D eigenvalue weighted by atomic mass is 9.70. The molecule has 0 saturated carbocycles. The van der Waals surface area contributed by atoms with Gasteiger partial charge in [0.15, 0.2) is 0 Å². The van der Waals surface area contributed by atoms with Crippen LogP contribution in [0.2, 0.25) is 0 Å². The Kier molecular flexibility index (Phi) is 8.23. The topological polar surface area (TPSA) is 8.17 Å². The molecular formula is C65H42N2. The van der Waals surface area contributed by atoms with E-state index in [-0.39, 0.29) is 5.41 Å². The first kappa shape index (κ1) is 37.6. The molecule has 0 N–H and O–H groups in total. The maximum Gasteiger partial charge on any atom is 0.0725 e. The summed E-state index contributed by atoms with van der Waals surface area (Å²) < 4.78 is 2.47. The molecule has 12 aromatic rings. The van der Waals surface area contributed by atoms with Crippen LogP contribution in [0.3, 0.4) is 0 Å². The van der Waals surface area contributed by atoms with Crippen LogP contribution >= 0.6 is 0 Å². The van der Waals surface area contributed by atoms with Gasteiger partial charge in [0, 0.05) is 33.5 Å². The zero-order valence-corrected chi connectivity index (χ0v) is 36.6. The van der Waals surface area contributed by atoms with Gasteiger partial charge >= 0.3 is 0 Å². The van der Waals surface area contributed by atoms with Crippen molar-refractivity contribution in [2.24, 2.45) is 0 Å². The summed E-state index contributed by atoms with van der Waals surface area (Å²) in [5.41, 5.74) is 22.0. The van der Waals surface area contributed by atoms with Gasteiger partial charge in [-0.05, 0) is 150 Å². The lowest BCUT2D eigenvalue weighted by molar-refractivity contribution is 0.793. The summed E-state index contributed by atoms with van der Waals surface area (Å²) in [5.74, 6) is 0. The third kappa shape index (κ3) is 5.57. The molecule has 0 unspecified atom stereocenters. The number of benzene rings is 11. The third-order valence-electron chi connectivity index (χ3n) is 14.6. The van der Waals surface area contributed by atoms with Gasteiger partial charge in [0.1, 0.15) is 0 Å². The molecule has 312 valence electrons. The van der Waals surface area contributed by atoms with E-state index in [1.807, 2.05) is 0 Å². The molecule has 1 aromatic heterocycles. The zero-order valence-electron chi connectivity index (χ0n) is 36.6. The molecule has 0 atom stereocenters. The van der Waals surface area contributed by atoms with Crippen LogP contribution in [0, 0.1) is 0 Å². The number of hydrogen-bond donors (Lipinski definition) is 0. The quantitative estimate of drug-likeness (QED) is 0.162. The van der Waals surface area contributed by atoms with E-state index in [4.69, 9.17) is 0 Å². The maximum atomic E-state index is 2.47. The molecule has 2 aliphatic carbocycles. The van der Waals surface area contributed by atoms with Crippen molar-refractivity contribution in [2.75, 3.05) is 4.90 Å². The van der Waals surface area contributed by atoms with E-state index in [2.05, 4.69) is 264 Å². The summed E-state index contributed by atoms with van der Waals surface area (Å²) in [6, 6.07) is 94.2. The predicted molar refractivity (Wildman–Crippen MR) is 280 cm³/mol. The van der Waals surface area contributed by atoms with E-state index < -0.39 is 0 Å². The molecule has 0 saturated heterocycles. The highest BCUT2D eigenvalue weighted by atomic mass is 15.1. The second-order valence-corrected chi connectivity index (χ2v) is 18.0. The fourth-order valence-electron chi connectivity index (χ4n) is 11.7. The molecule has 11 aromatic carbocycles. The Morgan fingerprint density at radius 3 is 1.57 bits per heavy atom. The predicted octanol–water partition coefficient (Wildman–Crippen LogP) is 17.1. The van der Waals surface area contributed by atoms with E-state index in [0.29, 0.717) is 0 Å². The van der Waals surface area contributed by atoms with Crippen molar-refractivity contribution >= 4 is 49.6 Å². The van der Waals surface area contributed by atoms with Gasteiger partial charge in [-0.25, -0.2) is 0 Å². The first-order valence-electron chi connectivity index (χ1n) is 23.2. The molecule has 14 rings (SSSR count). The Balaban J connectivity index is 0.868. The van der Waals surface area contributed by atoms with Crippen molar-refractivity contribution < 1.29 is 0 Å². The number of hydrogen-bond acceptors (Lipinski definition) is 1.